The number of hydrogen-bond donors (Lipinski definition) is 0. The van der Waals surface area contributed by atoms with Crippen LogP contribution in [0.3, 0.4) is 0 Å². The average Bonchev–Trinajstić information content (AvgIpc) is 2.05. The van der Waals surface area contributed by atoms with Crippen LogP contribution in [0.4, 0.5) is 0 Å². The van der Waals surface area contributed by atoms with Gasteiger partial charge in [-0.25, -0.2) is 0 Å². The van der Waals surface area contributed by atoms with Gasteiger partial charge in [-0.3, -0.25) is 0 Å². The standard InChI is InChI=1S/C8H7NSi/c1-2-4-8-7(3-1)5-6-10-9-8/h1-6,10H. The summed E-state index contributed by atoms with van der Waals surface area (Å²) in [5, 5.41) is 1.25. The van der Waals surface area contributed by atoms with Crippen LogP contribution in [0.5, 0.6) is 0 Å². The molecule has 10 heavy (non-hydrogen) atoms. The van der Waals surface area contributed by atoms with Crippen LogP contribution < -0.4 is 0 Å². The highest BCUT2D eigenvalue weighted by atomic mass is 28.2. The first kappa shape index (κ1) is 5.74. The quantitative estimate of drug-likeness (QED) is 0.509. The fourth-order valence-corrected chi connectivity index (χ4v) is 1.79. The summed E-state index contributed by atoms with van der Waals surface area (Å²) in [6.07, 6.45) is 0. The van der Waals surface area contributed by atoms with E-state index >= 15 is 0 Å². The zero-order valence-electron chi connectivity index (χ0n) is 5.49. The summed E-state index contributed by atoms with van der Waals surface area (Å²) < 4.78 is 4.39. The predicted octanol–water partition coefficient (Wildman–Crippen LogP) is 1.31. The molecule has 0 radical (unpaired) electrons. The molecule has 1 aromatic heterocycles. The third kappa shape index (κ3) is 0.865. The van der Waals surface area contributed by atoms with E-state index in [0.29, 0.717) is 0 Å². The Balaban J connectivity index is 2.89. The van der Waals surface area contributed by atoms with Crippen LogP contribution in [0.15, 0.2) is 36.0 Å². The first-order valence-electron chi connectivity index (χ1n) is 3.26. The van der Waals surface area contributed by atoms with Crippen molar-refractivity contribution in [2.75, 3.05) is 0 Å². The second kappa shape index (κ2) is 2.31. The first-order chi connectivity index (χ1) is 4.97. The lowest BCUT2D eigenvalue weighted by Crippen LogP contribution is -1.80. The van der Waals surface area contributed by atoms with Gasteiger partial charge in [0.1, 0.15) is 9.29 Å². The van der Waals surface area contributed by atoms with Gasteiger partial charge in [-0.2, -0.15) is 0 Å². The molecule has 1 nitrogen and oxygen atoms in total. The van der Waals surface area contributed by atoms with Gasteiger partial charge in [0, 0.05) is 0 Å². The van der Waals surface area contributed by atoms with Crippen molar-refractivity contribution in [3.63, 3.8) is 0 Å². The van der Waals surface area contributed by atoms with Gasteiger partial charge in [-0.15, -0.1) is 0 Å². The molecule has 1 heterocycles. The minimum Gasteiger partial charge on any atom is -0.301 e. The SMILES string of the molecule is c1ccc2n[siH]ccc2c1. The van der Waals surface area contributed by atoms with Gasteiger partial charge >= 0.3 is 0 Å². The van der Waals surface area contributed by atoms with Gasteiger partial charge in [-0.1, -0.05) is 29.9 Å². The highest BCUT2D eigenvalue weighted by Gasteiger charge is 1.86. The molecular weight excluding hydrogens is 138 g/mol. The van der Waals surface area contributed by atoms with E-state index in [1.165, 1.54) is 5.39 Å². The molecule has 0 unspecified atom stereocenters. The molecule has 0 aliphatic carbocycles. The zero-order chi connectivity index (χ0) is 6.81. The molecule has 48 valence electrons. The van der Waals surface area contributed by atoms with Crippen LogP contribution in [0.1, 0.15) is 0 Å². The minimum atomic E-state index is 0.179. The Morgan fingerprint density at radius 1 is 1.10 bits per heavy atom. The number of nitrogens with zero attached hydrogens (tertiary/aromatic N) is 1. The topological polar surface area (TPSA) is 12.9 Å². The Morgan fingerprint density at radius 2 is 2.00 bits per heavy atom. The Bertz CT molecular complexity index is 280. The maximum Gasteiger partial charge on any atom is 0.140 e. The van der Waals surface area contributed by atoms with Crippen molar-refractivity contribution in [2.24, 2.45) is 0 Å². The summed E-state index contributed by atoms with van der Waals surface area (Å²) >= 11 is 0. The van der Waals surface area contributed by atoms with Gasteiger partial charge in [-0.05, 0) is 11.5 Å². The summed E-state index contributed by atoms with van der Waals surface area (Å²) in [5.74, 6) is 0. The minimum absolute atomic E-state index is 0.179. The molecule has 0 saturated heterocycles. The maximum atomic E-state index is 4.39. The Kier molecular flexibility index (Phi) is 1.32. The molecule has 0 aliphatic rings. The van der Waals surface area contributed by atoms with Gasteiger partial charge in [0.25, 0.3) is 0 Å². The second-order valence-electron chi connectivity index (χ2n) is 2.20. The molecule has 0 atom stereocenters. The smallest absolute Gasteiger partial charge is 0.140 e. The Morgan fingerprint density at radius 3 is 2.90 bits per heavy atom. The molecule has 0 amide bonds. The number of benzene rings is 1. The van der Waals surface area contributed by atoms with Gasteiger partial charge in [0.15, 0.2) is 0 Å². The lowest BCUT2D eigenvalue weighted by Gasteiger charge is -1.91. The van der Waals surface area contributed by atoms with E-state index in [-0.39, 0.29) is 9.29 Å². The Hall–Kier alpha value is -1.02. The summed E-state index contributed by atoms with van der Waals surface area (Å²) in [7, 11) is 0.179. The van der Waals surface area contributed by atoms with Crippen LogP contribution in [-0.4, -0.2) is 13.9 Å². The van der Waals surface area contributed by atoms with E-state index in [1.54, 1.807) is 0 Å². The van der Waals surface area contributed by atoms with E-state index in [9.17, 15) is 0 Å². The molecule has 2 rings (SSSR count). The third-order valence-electron chi connectivity index (χ3n) is 1.51. The lowest BCUT2D eigenvalue weighted by molar-refractivity contribution is 1.60. The molecule has 2 heteroatoms. The number of hydrogen-bond acceptors (Lipinski definition) is 1. The van der Waals surface area contributed by atoms with Crippen LogP contribution in [0.2, 0.25) is 0 Å². The van der Waals surface area contributed by atoms with E-state index in [1.807, 2.05) is 12.1 Å². The predicted molar refractivity (Wildman–Crippen MR) is 44.5 cm³/mol. The van der Waals surface area contributed by atoms with Gasteiger partial charge < -0.3 is 4.64 Å². The summed E-state index contributed by atoms with van der Waals surface area (Å²) in [6, 6.07) is 10.4. The summed E-state index contributed by atoms with van der Waals surface area (Å²) in [5.41, 5.74) is 3.31. The number of para-hydroxylation sites is 1. The van der Waals surface area contributed by atoms with Crippen molar-refractivity contribution >= 4 is 20.2 Å². The van der Waals surface area contributed by atoms with E-state index in [4.69, 9.17) is 0 Å². The molecule has 2 aromatic rings. The van der Waals surface area contributed by atoms with E-state index < -0.39 is 0 Å². The molecule has 0 spiro atoms. The van der Waals surface area contributed by atoms with Crippen molar-refractivity contribution in [2.45, 2.75) is 0 Å². The maximum absolute atomic E-state index is 4.39. The van der Waals surface area contributed by atoms with Crippen molar-refractivity contribution < 1.29 is 0 Å². The van der Waals surface area contributed by atoms with Crippen molar-refractivity contribution in [1.29, 1.82) is 0 Å². The monoisotopic (exact) mass is 145 g/mol. The van der Waals surface area contributed by atoms with Crippen LogP contribution in [0.25, 0.3) is 10.9 Å². The van der Waals surface area contributed by atoms with E-state index in [2.05, 4.69) is 28.5 Å². The normalized spacial score (nSPS) is 10.0. The van der Waals surface area contributed by atoms with Gasteiger partial charge in [0.05, 0.1) is 5.52 Å². The summed E-state index contributed by atoms with van der Waals surface area (Å²) in [4.78, 5) is 0. The molecular formula is C8H7NSi. The first-order valence-corrected chi connectivity index (χ1v) is 4.45. The largest absolute Gasteiger partial charge is 0.301 e. The molecule has 0 fully saturated rings. The van der Waals surface area contributed by atoms with E-state index in [0.717, 1.165) is 5.52 Å². The highest BCUT2D eigenvalue weighted by Crippen LogP contribution is 2.06. The van der Waals surface area contributed by atoms with Crippen LogP contribution >= 0.6 is 0 Å². The molecule has 0 bridgehead atoms. The molecule has 0 aliphatic heterocycles. The highest BCUT2D eigenvalue weighted by molar-refractivity contribution is 6.22. The van der Waals surface area contributed by atoms with Crippen molar-refractivity contribution in [3.05, 3.63) is 36.0 Å². The molecule has 0 N–H and O–H groups in total. The third-order valence-corrected chi connectivity index (χ3v) is 2.30. The number of fused-ring (bicyclic) bond motifs is 1. The lowest BCUT2D eigenvalue weighted by atomic mass is 10.2. The van der Waals surface area contributed by atoms with Crippen LogP contribution in [0, 0.1) is 0 Å². The molecule has 0 saturated carbocycles. The van der Waals surface area contributed by atoms with Crippen LogP contribution in [-0.2, 0) is 0 Å². The van der Waals surface area contributed by atoms with Crippen molar-refractivity contribution in [1.82, 2.24) is 4.64 Å². The fraction of sp³-hybridized carbons (Fsp3) is 0. The second-order valence-corrected chi connectivity index (χ2v) is 3.14. The average molecular weight is 145 g/mol. The molecule has 1 aromatic carbocycles. The van der Waals surface area contributed by atoms with Crippen molar-refractivity contribution in [3.8, 4) is 0 Å². The summed E-state index contributed by atoms with van der Waals surface area (Å²) in [6.45, 7) is 0. The number of rotatable bonds is 0. The van der Waals surface area contributed by atoms with Gasteiger partial charge in [0.2, 0.25) is 0 Å². The number of aromatic nitrogens is 1. The zero-order valence-corrected chi connectivity index (χ0v) is 6.64. The Labute approximate surface area is 61.6 Å². The fourth-order valence-electron chi connectivity index (χ4n) is 1.02.